The molecule has 0 aromatic carbocycles. The number of nitrogens with two attached hydrogens (primary N) is 1. The van der Waals surface area contributed by atoms with E-state index in [1.54, 1.807) is 0 Å². The maximum absolute atomic E-state index is 13.0. The summed E-state index contributed by atoms with van der Waals surface area (Å²) in [6, 6.07) is 0.735. The molecule has 3 rings (SSSR count). The summed E-state index contributed by atoms with van der Waals surface area (Å²) in [4.78, 5) is 28.6. The third kappa shape index (κ3) is 5.86. The first kappa shape index (κ1) is 23.7. The van der Waals surface area contributed by atoms with E-state index in [4.69, 9.17) is 5.73 Å². The summed E-state index contributed by atoms with van der Waals surface area (Å²) >= 11 is 0. The van der Waals surface area contributed by atoms with Crippen LogP contribution in [-0.2, 0) is 12.8 Å². The Bertz CT molecular complexity index is 724. The number of anilines is 1. The first-order valence-corrected chi connectivity index (χ1v) is 12.1. The Morgan fingerprint density at radius 2 is 1.97 bits per heavy atom. The summed E-state index contributed by atoms with van der Waals surface area (Å²) in [5.41, 5.74) is 8.16. The molecular weight excluding hydrogens is 390 g/mol. The average Bonchev–Trinajstić information content (AvgIpc) is 2.75. The Kier molecular flexibility index (Phi) is 8.49. The number of hydrogen-bond acceptors (Lipinski definition) is 6. The molecule has 174 valence electrons. The van der Waals surface area contributed by atoms with E-state index in [2.05, 4.69) is 52.8 Å². The summed E-state index contributed by atoms with van der Waals surface area (Å²) in [7, 11) is 0. The lowest BCUT2D eigenvalue weighted by molar-refractivity contribution is 0.0624. The summed E-state index contributed by atoms with van der Waals surface area (Å²) in [5.74, 6) is 0.841. The first-order chi connectivity index (χ1) is 15.0. The number of amides is 2. The van der Waals surface area contributed by atoms with E-state index in [0.717, 1.165) is 77.2 Å². The highest BCUT2D eigenvalue weighted by molar-refractivity contribution is 5.74. The molecule has 31 heavy (non-hydrogen) atoms. The quantitative estimate of drug-likeness (QED) is 0.622. The predicted octanol–water partition coefficient (Wildman–Crippen LogP) is 2.00. The highest BCUT2D eigenvalue weighted by Crippen LogP contribution is 2.34. The maximum Gasteiger partial charge on any atom is 0.317 e. The summed E-state index contributed by atoms with van der Waals surface area (Å²) in [6.45, 7) is 15.0. The molecule has 0 radical (unpaired) electrons. The fraction of sp³-hybridized carbons (Fsp3) is 0.783. The number of nitrogen functional groups attached to an aromatic ring is 1. The van der Waals surface area contributed by atoms with Crippen LogP contribution < -0.4 is 11.1 Å². The van der Waals surface area contributed by atoms with Crippen LogP contribution in [0.1, 0.15) is 51.8 Å². The molecule has 8 heteroatoms. The molecule has 2 aliphatic rings. The number of likely N-dealkylation sites (N-methyl/N-ethyl adjacent to an activating group) is 2. The Morgan fingerprint density at radius 3 is 2.65 bits per heavy atom. The number of urea groups is 1. The van der Waals surface area contributed by atoms with Gasteiger partial charge in [-0.15, -0.1) is 0 Å². The van der Waals surface area contributed by atoms with Crippen molar-refractivity contribution in [1.82, 2.24) is 30.0 Å². The van der Waals surface area contributed by atoms with E-state index in [9.17, 15) is 4.79 Å². The minimum atomic E-state index is 0.0670. The van der Waals surface area contributed by atoms with Crippen LogP contribution >= 0.6 is 0 Å². The average molecular weight is 432 g/mol. The molecule has 0 bridgehead atoms. The molecule has 2 heterocycles. The fourth-order valence-electron chi connectivity index (χ4n) is 5.23. The van der Waals surface area contributed by atoms with Gasteiger partial charge >= 0.3 is 6.03 Å². The van der Waals surface area contributed by atoms with Crippen LogP contribution in [0.2, 0.25) is 0 Å². The minimum Gasteiger partial charge on any atom is -0.368 e. The Morgan fingerprint density at radius 1 is 1.19 bits per heavy atom. The van der Waals surface area contributed by atoms with Crippen LogP contribution in [0.15, 0.2) is 6.20 Å². The molecule has 3 N–H and O–H groups in total. The van der Waals surface area contributed by atoms with Gasteiger partial charge in [-0.05, 0) is 63.7 Å². The molecule has 3 atom stereocenters. The number of piperidine rings is 1. The normalized spacial score (nSPS) is 23.3. The Hall–Kier alpha value is -1.93. The van der Waals surface area contributed by atoms with Gasteiger partial charge in [0.1, 0.15) is 0 Å². The van der Waals surface area contributed by atoms with Crippen molar-refractivity contribution in [2.75, 3.05) is 51.5 Å². The van der Waals surface area contributed by atoms with Gasteiger partial charge in [0.25, 0.3) is 0 Å². The molecule has 0 unspecified atom stereocenters. The smallest absolute Gasteiger partial charge is 0.317 e. The number of carbonyl (C=O) groups excluding carboxylic acids is 1. The number of aromatic nitrogens is 2. The van der Waals surface area contributed by atoms with E-state index in [1.165, 1.54) is 5.56 Å². The molecule has 1 saturated heterocycles. The zero-order chi connectivity index (χ0) is 22.4. The fourth-order valence-corrected chi connectivity index (χ4v) is 5.23. The van der Waals surface area contributed by atoms with Crippen molar-refractivity contribution in [2.24, 2.45) is 5.92 Å². The van der Waals surface area contributed by atoms with Gasteiger partial charge in [0.15, 0.2) is 0 Å². The molecule has 0 saturated carbocycles. The summed E-state index contributed by atoms with van der Waals surface area (Å²) < 4.78 is 0. The van der Waals surface area contributed by atoms with Crippen LogP contribution in [0, 0.1) is 5.92 Å². The Balaban J connectivity index is 1.65. The van der Waals surface area contributed by atoms with Gasteiger partial charge in [0.05, 0.1) is 0 Å². The first-order valence-electron chi connectivity index (χ1n) is 12.1. The van der Waals surface area contributed by atoms with Crippen molar-refractivity contribution in [3.05, 3.63) is 17.5 Å². The standard InChI is InChI=1S/C23H41N7O/c1-5-9-30-16-19(26-23(31)29(8-4)11-10-28(6-2)7-3)12-17-13-20-18(14-21(17)30)15-25-22(24)27-20/h15,17,19,21H,5-14,16H2,1-4H3,(H,26,31)(H2,24,25,27)/t17-,19+,21-/m1/s1. The Labute approximate surface area is 187 Å². The van der Waals surface area contributed by atoms with E-state index in [1.807, 2.05) is 11.1 Å². The molecule has 1 fully saturated rings. The lowest BCUT2D eigenvalue weighted by Gasteiger charge is -2.47. The molecule has 1 aliphatic heterocycles. The second-order valence-electron chi connectivity index (χ2n) is 8.92. The van der Waals surface area contributed by atoms with Crippen LogP contribution in [-0.4, -0.2) is 88.6 Å². The van der Waals surface area contributed by atoms with Gasteiger partial charge < -0.3 is 20.9 Å². The maximum atomic E-state index is 13.0. The van der Waals surface area contributed by atoms with Crippen LogP contribution in [0.3, 0.4) is 0 Å². The van der Waals surface area contributed by atoms with E-state index in [0.29, 0.717) is 17.9 Å². The van der Waals surface area contributed by atoms with Gasteiger partial charge in [0, 0.05) is 50.2 Å². The molecule has 0 spiro atoms. The highest BCUT2D eigenvalue weighted by atomic mass is 16.2. The lowest BCUT2D eigenvalue weighted by atomic mass is 9.76. The van der Waals surface area contributed by atoms with Crippen LogP contribution in [0.5, 0.6) is 0 Å². The second kappa shape index (κ2) is 11.1. The van der Waals surface area contributed by atoms with Crippen molar-refractivity contribution >= 4 is 12.0 Å². The molecule has 8 nitrogen and oxygen atoms in total. The topological polar surface area (TPSA) is 90.6 Å². The van der Waals surface area contributed by atoms with Gasteiger partial charge in [-0.1, -0.05) is 20.8 Å². The van der Waals surface area contributed by atoms with Gasteiger partial charge in [-0.2, -0.15) is 0 Å². The van der Waals surface area contributed by atoms with E-state index >= 15 is 0 Å². The summed E-state index contributed by atoms with van der Waals surface area (Å²) in [5, 5.41) is 3.36. The predicted molar refractivity (Wildman–Crippen MR) is 125 cm³/mol. The number of hydrogen-bond donors (Lipinski definition) is 2. The zero-order valence-corrected chi connectivity index (χ0v) is 19.8. The SMILES string of the molecule is CCCN1C[C@@H](NC(=O)N(CC)CCN(CC)CC)C[C@@H]2Cc3nc(N)ncc3C[C@H]21. The van der Waals surface area contributed by atoms with Gasteiger partial charge in [-0.3, -0.25) is 4.90 Å². The van der Waals surface area contributed by atoms with Crippen LogP contribution in [0.4, 0.5) is 10.7 Å². The molecule has 2 amide bonds. The largest absolute Gasteiger partial charge is 0.368 e. The molecule has 1 aromatic rings. The van der Waals surface area contributed by atoms with Crippen LogP contribution in [0.25, 0.3) is 0 Å². The number of carbonyl (C=O) groups is 1. The van der Waals surface area contributed by atoms with Crippen molar-refractivity contribution in [3.8, 4) is 0 Å². The van der Waals surface area contributed by atoms with Gasteiger partial charge in [0.2, 0.25) is 5.95 Å². The zero-order valence-electron chi connectivity index (χ0n) is 19.8. The minimum absolute atomic E-state index is 0.0670. The number of likely N-dealkylation sites (tertiary alicyclic amines) is 1. The van der Waals surface area contributed by atoms with Crippen molar-refractivity contribution < 1.29 is 4.79 Å². The van der Waals surface area contributed by atoms with Crippen molar-refractivity contribution in [1.29, 1.82) is 0 Å². The number of nitrogens with one attached hydrogen (secondary N) is 1. The van der Waals surface area contributed by atoms with Crippen molar-refractivity contribution in [2.45, 2.75) is 65.5 Å². The monoisotopic (exact) mass is 431 g/mol. The second-order valence-corrected chi connectivity index (χ2v) is 8.92. The number of rotatable bonds is 9. The number of nitrogens with zero attached hydrogens (tertiary/aromatic N) is 5. The molecular formula is C23H41N7O. The molecule has 1 aliphatic carbocycles. The summed E-state index contributed by atoms with van der Waals surface area (Å²) in [6.07, 6.45) is 5.90. The highest BCUT2D eigenvalue weighted by Gasteiger charge is 2.40. The third-order valence-electron chi connectivity index (χ3n) is 7.00. The van der Waals surface area contributed by atoms with E-state index in [-0.39, 0.29) is 12.1 Å². The van der Waals surface area contributed by atoms with Crippen molar-refractivity contribution in [3.63, 3.8) is 0 Å². The van der Waals surface area contributed by atoms with E-state index < -0.39 is 0 Å². The third-order valence-corrected chi connectivity index (χ3v) is 7.00. The lowest BCUT2D eigenvalue weighted by Crippen LogP contribution is -2.59. The van der Waals surface area contributed by atoms with Gasteiger partial charge in [-0.25, -0.2) is 14.8 Å². The molecule has 1 aromatic heterocycles. The number of fused-ring (bicyclic) bond motifs is 2.